The van der Waals surface area contributed by atoms with Gasteiger partial charge in [0.05, 0.1) is 18.1 Å². The predicted octanol–water partition coefficient (Wildman–Crippen LogP) is -1.53. The number of rotatable bonds is 2. The molecule has 4 amide bonds. The predicted molar refractivity (Wildman–Crippen MR) is 64.1 cm³/mol. The number of carbonyl (C=O) groups is 4. The standard InChI is InChI=1S/C12H9N3O5/c16-9(6-3-1-2-4-7(6)11(18)19)14-8-5-13-12(20)15-10(8)17/h1-4H,5H2,(H,18,19)(H2,13,15,17,20)/p-1. The summed E-state index contributed by atoms with van der Waals surface area (Å²) >= 11 is 0. The average Bonchev–Trinajstić information content (AvgIpc) is 2.41. The summed E-state index contributed by atoms with van der Waals surface area (Å²) in [6.45, 7) is -0.204. The number of urea groups is 1. The second-order valence-corrected chi connectivity index (χ2v) is 3.83. The van der Waals surface area contributed by atoms with E-state index in [1.807, 2.05) is 5.32 Å². The van der Waals surface area contributed by atoms with Crippen molar-refractivity contribution in [2.75, 3.05) is 6.54 Å². The van der Waals surface area contributed by atoms with Crippen LogP contribution in [0.15, 0.2) is 29.3 Å². The van der Waals surface area contributed by atoms with Crippen LogP contribution in [0.4, 0.5) is 4.79 Å². The largest absolute Gasteiger partial charge is 0.545 e. The van der Waals surface area contributed by atoms with Gasteiger partial charge in [0.15, 0.2) is 0 Å². The van der Waals surface area contributed by atoms with Crippen LogP contribution in [-0.2, 0) is 4.79 Å². The van der Waals surface area contributed by atoms with Crippen molar-refractivity contribution in [3.8, 4) is 0 Å². The second kappa shape index (κ2) is 5.31. The van der Waals surface area contributed by atoms with Gasteiger partial charge >= 0.3 is 6.03 Å². The van der Waals surface area contributed by atoms with Gasteiger partial charge in [-0.15, -0.1) is 0 Å². The molecule has 0 unspecified atom stereocenters. The molecular weight excluding hydrogens is 266 g/mol. The molecule has 0 radical (unpaired) electrons. The molecule has 0 atom stereocenters. The molecule has 8 heteroatoms. The number of aliphatic imine (C=N–C) groups is 1. The molecule has 102 valence electrons. The first kappa shape index (κ1) is 13.4. The first-order valence-electron chi connectivity index (χ1n) is 5.50. The Morgan fingerprint density at radius 3 is 2.40 bits per heavy atom. The quantitative estimate of drug-likeness (QED) is 0.676. The van der Waals surface area contributed by atoms with Crippen LogP contribution in [0, 0.1) is 0 Å². The fraction of sp³-hybridized carbons (Fsp3) is 0.0833. The molecule has 2 N–H and O–H groups in total. The molecule has 1 aliphatic heterocycles. The number of carbonyl (C=O) groups excluding carboxylic acids is 4. The van der Waals surface area contributed by atoms with Crippen molar-refractivity contribution < 1.29 is 24.3 Å². The van der Waals surface area contributed by atoms with Crippen molar-refractivity contribution in [1.82, 2.24) is 10.6 Å². The van der Waals surface area contributed by atoms with Crippen LogP contribution in [0.5, 0.6) is 0 Å². The topological polar surface area (TPSA) is 128 Å². The Labute approximate surface area is 112 Å². The Kier molecular flexibility index (Phi) is 3.56. The minimum atomic E-state index is -1.52. The van der Waals surface area contributed by atoms with Crippen molar-refractivity contribution in [2.24, 2.45) is 4.99 Å². The van der Waals surface area contributed by atoms with Crippen LogP contribution in [0.2, 0.25) is 0 Å². The summed E-state index contributed by atoms with van der Waals surface area (Å²) < 4.78 is 0. The molecule has 0 aromatic heterocycles. The highest BCUT2D eigenvalue weighted by molar-refractivity contribution is 6.45. The van der Waals surface area contributed by atoms with Gasteiger partial charge in [-0.2, -0.15) is 0 Å². The molecule has 0 spiro atoms. The summed E-state index contributed by atoms with van der Waals surface area (Å²) in [5.74, 6) is -3.21. The zero-order chi connectivity index (χ0) is 14.7. The van der Waals surface area contributed by atoms with E-state index in [0.29, 0.717) is 0 Å². The van der Waals surface area contributed by atoms with Crippen LogP contribution in [-0.4, -0.2) is 36.1 Å². The van der Waals surface area contributed by atoms with Gasteiger partial charge in [0.2, 0.25) is 0 Å². The lowest BCUT2D eigenvalue weighted by Crippen LogP contribution is -2.52. The van der Waals surface area contributed by atoms with Crippen LogP contribution in [0.1, 0.15) is 20.7 Å². The average molecular weight is 274 g/mol. The normalized spacial score (nSPS) is 16.5. The highest BCUT2D eigenvalue weighted by Crippen LogP contribution is 2.09. The number of hydrogen-bond acceptors (Lipinski definition) is 5. The molecule has 1 aliphatic rings. The van der Waals surface area contributed by atoms with Crippen molar-refractivity contribution in [2.45, 2.75) is 0 Å². The molecule has 8 nitrogen and oxygen atoms in total. The van der Waals surface area contributed by atoms with Gasteiger partial charge in [-0.05, 0) is 6.07 Å². The zero-order valence-electron chi connectivity index (χ0n) is 10.0. The Bertz CT molecular complexity index is 650. The molecular formula is C12H8N3O5-. The third-order valence-electron chi connectivity index (χ3n) is 2.52. The minimum absolute atomic E-state index is 0.190. The molecule has 1 aromatic rings. The van der Waals surface area contributed by atoms with Crippen molar-refractivity contribution in [3.63, 3.8) is 0 Å². The Hall–Kier alpha value is -3.03. The Balaban J connectivity index is 2.31. The van der Waals surface area contributed by atoms with E-state index < -0.39 is 23.8 Å². The number of nitrogens with zero attached hydrogens (tertiary/aromatic N) is 1. The van der Waals surface area contributed by atoms with E-state index >= 15 is 0 Å². The smallest absolute Gasteiger partial charge is 0.322 e. The van der Waals surface area contributed by atoms with Gasteiger partial charge in [-0.25, -0.2) is 9.79 Å². The molecule has 1 saturated heterocycles. The van der Waals surface area contributed by atoms with E-state index in [-0.39, 0.29) is 23.4 Å². The van der Waals surface area contributed by atoms with E-state index in [4.69, 9.17) is 0 Å². The first-order valence-corrected chi connectivity index (χ1v) is 5.50. The number of aromatic carboxylic acids is 1. The van der Waals surface area contributed by atoms with Gasteiger partial charge in [-0.3, -0.25) is 14.9 Å². The number of carboxylic acids is 1. The van der Waals surface area contributed by atoms with Gasteiger partial charge in [0.25, 0.3) is 11.8 Å². The third-order valence-corrected chi connectivity index (χ3v) is 2.52. The van der Waals surface area contributed by atoms with Crippen LogP contribution in [0.25, 0.3) is 0 Å². The molecule has 0 bridgehead atoms. The van der Waals surface area contributed by atoms with Crippen molar-refractivity contribution >= 4 is 29.5 Å². The van der Waals surface area contributed by atoms with Crippen LogP contribution in [0.3, 0.4) is 0 Å². The summed E-state index contributed by atoms with van der Waals surface area (Å²) in [5.41, 5.74) is -0.713. The molecule has 0 saturated carbocycles. The lowest BCUT2D eigenvalue weighted by molar-refractivity contribution is -0.255. The molecule has 1 heterocycles. The van der Waals surface area contributed by atoms with Crippen LogP contribution < -0.4 is 15.7 Å². The summed E-state index contributed by atoms with van der Waals surface area (Å²) in [7, 11) is 0. The summed E-state index contributed by atoms with van der Waals surface area (Å²) in [6, 6.07) is 4.67. The van der Waals surface area contributed by atoms with Gasteiger partial charge in [0.1, 0.15) is 5.71 Å². The maximum Gasteiger partial charge on any atom is 0.322 e. The third kappa shape index (κ3) is 2.69. The number of amides is 4. The lowest BCUT2D eigenvalue weighted by Gasteiger charge is -2.14. The van der Waals surface area contributed by atoms with Gasteiger partial charge < -0.3 is 15.2 Å². The van der Waals surface area contributed by atoms with Crippen molar-refractivity contribution in [3.05, 3.63) is 35.4 Å². The van der Waals surface area contributed by atoms with Gasteiger partial charge in [-0.1, -0.05) is 18.2 Å². The van der Waals surface area contributed by atoms with E-state index in [9.17, 15) is 24.3 Å². The Morgan fingerprint density at radius 1 is 1.15 bits per heavy atom. The van der Waals surface area contributed by atoms with Gasteiger partial charge in [0, 0.05) is 5.56 Å². The monoisotopic (exact) mass is 274 g/mol. The molecule has 2 rings (SSSR count). The first-order chi connectivity index (χ1) is 9.49. The molecule has 0 aliphatic carbocycles. The zero-order valence-corrected chi connectivity index (χ0v) is 10.0. The highest BCUT2D eigenvalue weighted by atomic mass is 16.4. The summed E-state index contributed by atoms with van der Waals surface area (Å²) in [5, 5.41) is 15.1. The van der Waals surface area contributed by atoms with E-state index in [0.717, 1.165) is 0 Å². The summed E-state index contributed by atoms with van der Waals surface area (Å²) in [4.78, 5) is 48.6. The molecule has 1 aromatic carbocycles. The number of imide groups is 1. The number of nitrogens with one attached hydrogen (secondary N) is 2. The number of hydrogen-bond donors (Lipinski definition) is 2. The fourth-order valence-corrected chi connectivity index (χ4v) is 1.58. The van der Waals surface area contributed by atoms with E-state index in [1.54, 1.807) is 0 Å². The maximum atomic E-state index is 11.9. The van der Waals surface area contributed by atoms with E-state index in [2.05, 4.69) is 10.3 Å². The van der Waals surface area contributed by atoms with Crippen LogP contribution >= 0.6 is 0 Å². The molecule has 1 fully saturated rings. The fourth-order valence-electron chi connectivity index (χ4n) is 1.58. The lowest BCUT2D eigenvalue weighted by atomic mass is 10.1. The Morgan fingerprint density at radius 2 is 1.80 bits per heavy atom. The number of benzene rings is 1. The van der Waals surface area contributed by atoms with E-state index in [1.165, 1.54) is 24.3 Å². The highest BCUT2D eigenvalue weighted by Gasteiger charge is 2.23. The summed E-state index contributed by atoms with van der Waals surface area (Å²) in [6.07, 6.45) is 0. The SMILES string of the molecule is O=C1NCC(=NC(=O)c2ccccc2C(=O)[O-])C(=O)N1. The molecule has 20 heavy (non-hydrogen) atoms. The second-order valence-electron chi connectivity index (χ2n) is 3.83. The minimum Gasteiger partial charge on any atom is -0.545 e. The maximum absolute atomic E-state index is 11.9. The van der Waals surface area contributed by atoms with Crippen molar-refractivity contribution in [1.29, 1.82) is 0 Å². The number of carboxylic acid groups (broad SMARTS) is 1.